The van der Waals surface area contributed by atoms with Gasteiger partial charge in [0.25, 0.3) is 5.91 Å². The van der Waals surface area contributed by atoms with Crippen molar-refractivity contribution in [2.24, 2.45) is 0 Å². The van der Waals surface area contributed by atoms with Gasteiger partial charge in [-0.05, 0) is 25.5 Å². The van der Waals surface area contributed by atoms with Gasteiger partial charge >= 0.3 is 6.18 Å². The fourth-order valence-electron chi connectivity index (χ4n) is 2.40. The first-order valence-electron chi connectivity index (χ1n) is 7.71. The van der Waals surface area contributed by atoms with E-state index in [4.69, 9.17) is 0 Å². The molecule has 0 saturated carbocycles. The van der Waals surface area contributed by atoms with Crippen LogP contribution >= 0.6 is 0 Å². The largest absolute Gasteiger partial charge is 0.390 e. The second-order valence-electron chi connectivity index (χ2n) is 5.21. The molecule has 0 fully saturated rings. The van der Waals surface area contributed by atoms with Gasteiger partial charge in [0, 0.05) is 19.3 Å². The second kappa shape index (κ2) is 7.46. The van der Waals surface area contributed by atoms with Crippen LogP contribution in [0, 0.1) is 0 Å². The summed E-state index contributed by atoms with van der Waals surface area (Å²) in [7, 11) is 0. The van der Waals surface area contributed by atoms with Crippen LogP contribution in [0.25, 0.3) is 5.82 Å². The van der Waals surface area contributed by atoms with Crippen molar-refractivity contribution >= 4 is 5.91 Å². The summed E-state index contributed by atoms with van der Waals surface area (Å²) >= 11 is 0. The van der Waals surface area contributed by atoms with Crippen LogP contribution in [0.15, 0.2) is 30.6 Å². The third-order valence-electron chi connectivity index (χ3n) is 3.63. The Balaban J connectivity index is 2.27. The predicted molar refractivity (Wildman–Crippen MR) is 83.0 cm³/mol. The molecule has 24 heavy (non-hydrogen) atoms. The van der Waals surface area contributed by atoms with Gasteiger partial charge < -0.3 is 4.90 Å². The molecule has 0 saturated heterocycles. The molecule has 0 aliphatic carbocycles. The van der Waals surface area contributed by atoms with Crippen LogP contribution in [0.2, 0.25) is 0 Å². The lowest BCUT2D eigenvalue weighted by molar-refractivity contribution is -0.136. The van der Waals surface area contributed by atoms with E-state index in [1.54, 1.807) is 36.0 Å². The highest BCUT2D eigenvalue weighted by molar-refractivity contribution is 5.95. The number of alkyl halides is 3. The third kappa shape index (κ3) is 4.12. The maximum atomic E-state index is 12.6. The summed E-state index contributed by atoms with van der Waals surface area (Å²) in [5.41, 5.74) is 0.941. The van der Waals surface area contributed by atoms with Crippen molar-refractivity contribution in [3.8, 4) is 5.82 Å². The van der Waals surface area contributed by atoms with Crippen LogP contribution in [0.3, 0.4) is 0 Å². The van der Waals surface area contributed by atoms with Gasteiger partial charge in [-0.2, -0.15) is 18.3 Å². The zero-order valence-corrected chi connectivity index (χ0v) is 13.5. The first-order chi connectivity index (χ1) is 11.4. The molecule has 0 bridgehead atoms. The summed E-state index contributed by atoms with van der Waals surface area (Å²) < 4.78 is 38.8. The Hall–Kier alpha value is -2.38. The molecule has 2 heterocycles. The van der Waals surface area contributed by atoms with Gasteiger partial charge in [-0.1, -0.05) is 13.0 Å². The molecule has 2 aromatic rings. The van der Waals surface area contributed by atoms with Gasteiger partial charge in [0.15, 0.2) is 5.82 Å². The van der Waals surface area contributed by atoms with E-state index in [0.717, 1.165) is 0 Å². The van der Waals surface area contributed by atoms with E-state index >= 15 is 0 Å². The fraction of sp³-hybridized carbons (Fsp3) is 0.438. The van der Waals surface area contributed by atoms with E-state index in [1.165, 1.54) is 11.1 Å². The number of amides is 1. The topological polar surface area (TPSA) is 51.0 Å². The van der Waals surface area contributed by atoms with Gasteiger partial charge in [0.05, 0.1) is 23.9 Å². The van der Waals surface area contributed by atoms with Gasteiger partial charge in [-0.3, -0.25) is 4.79 Å². The lowest BCUT2D eigenvalue weighted by Crippen LogP contribution is -2.34. The van der Waals surface area contributed by atoms with Crippen molar-refractivity contribution in [1.82, 2.24) is 19.7 Å². The second-order valence-corrected chi connectivity index (χ2v) is 5.21. The number of carbonyl (C=O) groups excluding carboxylic acids is 1. The summed E-state index contributed by atoms with van der Waals surface area (Å²) in [6, 6.07) is 5.31. The predicted octanol–water partition coefficient (Wildman–Crippen LogP) is 3.24. The smallest absolute Gasteiger partial charge is 0.338 e. The average Bonchev–Trinajstić information content (AvgIpc) is 2.98. The number of carbonyl (C=O) groups is 1. The van der Waals surface area contributed by atoms with Crippen LogP contribution in [0.1, 0.15) is 36.3 Å². The van der Waals surface area contributed by atoms with Gasteiger partial charge in [0.2, 0.25) is 0 Å². The van der Waals surface area contributed by atoms with Crippen LogP contribution < -0.4 is 0 Å². The molecule has 0 aliphatic heterocycles. The molecule has 0 radical (unpaired) electrons. The molecule has 2 aromatic heterocycles. The first-order valence-corrected chi connectivity index (χ1v) is 7.71. The number of halogens is 3. The summed E-state index contributed by atoms with van der Waals surface area (Å²) in [6.07, 6.45) is -1.80. The maximum absolute atomic E-state index is 12.6. The number of aromatic nitrogens is 3. The van der Waals surface area contributed by atoms with E-state index in [2.05, 4.69) is 10.1 Å². The minimum atomic E-state index is -4.29. The van der Waals surface area contributed by atoms with Crippen LogP contribution in [0.5, 0.6) is 0 Å². The number of hydrogen-bond acceptors (Lipinski definition) is 3. The summed E-state index contributed by atoms with van der Waals surface area (Å²) in [6.45, 7) is 3.35. The normalized spacial score (nSPS) is 11.5. The Labute approximate surface area is 138 Å². The number of hydrogen-bond donors (Lipinski definition) is 0. The minimum absolute atomic E-state index is 0.201. The summed E-state index contributed by atoms with van der Waals surface area (Å²) in [5.74, 6) is 0.118. The Morgan fingerprint density at radius 2 is 2.04 bits per heavy atom. The number of pyridine rings is 1. The highest BCUT2D eigenvalue weighted by Gasteiger charge is 2.30. The van der Waals surface area contributed by atoms with Crippen molar-refractivity contribution in [3.63, 3.8) is 0 Å². The Bertz CT molecular complexity index is 682. The van der Waals surface area contributed by atoms with E-state index in [-0.39, 0.29) is 13.1 Å². The Kier molecular flexibility index (Phi) is 5.58. The molecule has 2 rings (SSSR count). The molecule has 1 amide bonds. The molecule has 5 nitrogen and oxygen atoms in total. The lowest BCUT2D eigenvalue weighted by atomic mass is 10.1. The molecule has 0 N–H and O–H groups in total. The quantitative estimate of drug-likeness (QED) is 0.811. The molecule has 0 aliphatic rings. The van der Waals surface area contributed by atoms with Crippen LogP contribution in [0.4, 0.5) is 13.2 Å². The first kappa shape index (κ1) is 18.0. The maximum Gasteiger partial charge on any atom is 0.390 e. The fourth-order valence-corrected chi connectivity index (χ4v) is 2.40. The van der Waals surface area contributed by atoms with Crippen molar-refractivity contribution in [1.29, 1.82) is 0 Å². The number of nitrogens with zero attached hydrogens (tertiary/aromatic N) is 4. The minimum Gasteiger partial charge on any atom is -0.338 e. The van der Waals surface area contributed by atoms with Crippen molar-refractivity contribution in [2.45, 2.75) is 32.9 Å². The zero-order chi connectivity index (χ0) is 17.7. The van der Waals surface area contributed by atoms with Gasteiger partial charge in [-0.15, -0.1) is 0 Å². The summed E-state index contributed by atoms with van der Waals surface area (Å²) in [4.78, 5) is 18.0. The molecule has 0 atom stereocenters. The SMILES string of the molecule is CCc1c(C(=O)N(CC)CCC(F)(F)F)cnn1-c1ccccn1. The van der Waals surface area contributed by atoms with Crippen LogP contribution in [-0.2, 0) is 6.42 Å². The Morgan fingerprint density at radius 3 is 2.58 bits per heavy atom. The van der Waals surface area contributed by atoms with Gasteiger partial charge in [0.1, 0.15) is 0 Å². The highest BCUT2D eigenvalue weighted by Crippen LogP contribution is 2.21. The average molecular weight is 340 g/mol. The standard InChI is InChI=1S/C16H19F3N4O/c1-3-13-12(11-21-23(13)14-7-5-6-9-20-14)15(24)22(4-2)10-8-16(17,18)19/h5-7,9,11H,3-4,8,10H2,1-2H3. The summed E-state index contributed by atoms with van der Waals surface area (Å²) in [5, 5.41) is 4.19. The third-order valence-corrected chi connectivity index (χ3v) is 3.63. The number of rotatable bonds is 6. The van der Waals surface area contributed by atoms with E-state index < -0.39 is 18.5 Å². The van der Waals surface area contributed by atoms with Crippen LogP contribution in [-0.4, -0.2) is 44.8 Å². The van der Waals surface area contributed by atoms with Crippen molar-refractivity contribution < 1.29 is 18.0 Å². The lowest BCUT2D eigenvalue weighted by Gasteiger charge is -2.21. The van der Waals surface area contributed by atoms with Crippen molar-refractivity contribution in [3.05, 3.63) is 41.9 Å². The Morgan fingerprint density at radius 1 is 1.29 bits per heavy atom. The molecular weight excluding hydrogens is 321 g/mol. The van der Waals surface area contributed by atoms with Gasteiger partial charge in [-0.25, -0.2) is 9.67 Å². The molecule has 130 valence electrons. The molecule has 8 heteroatoms. The monoisotopic (exact) mass is 340 g/mol. The molecular formula is C16H19F3N4O. The molecule has 0 spiro atoms. The van der Waals surface area contributed by atoms with E-state index in [9.17, 15) is 18.0 Å². The zero-order valence-electron chi connectivity index (χ0n) is 13.5. The van der Waals surface area contributed by atoms with E-state index in [0.29, 0.717) is 23.5 Å². The molecule has 0 aromatic carbocycles. The highest BCUT2D eigenvalue weighted by atomic mass is 19.4. The van der Waals surface area contributed by atoms with E-state index in [1.807, 2.05) is 6.92 Å². The molecule has 0 unspecified atom stereocenters. The van der Waals surface area contributed by atoms with Crippen molar-refractivity contribution in [2.75, 3.05) is 13.1 Å².